The highest BCUT2D eigenvalue weighted by Crippen LogP contribution is 2.29. The first-order valence-corrected chi connectivity index (χ1v) is 8.98. The second kappa shape index (κ2) is 9.17. The van der Waals surface area contributed by atoms with Gasteiger partial charge in [-0.1, -0.05) is 31.3 Å². The lowest BCUT2D eigenvalue weighted by Gasteiger charge is -2.14. The molecule has 134 valence electrons. The Hall–Kier alpha value is -2.41. The largest absolute Gasteiger partial charge is 0.490 e. The third-order valence-corrected chi connectivity index (χ3v) is 3.78. The first-order valence-electron chi connectivity index (χ1n) is 8.16. The zero-order valence-electron chi connectivity index (χ0n) is 14.9. The van der Waals surface area contributed by atoms with Gasteiger partial charge in [-0.3, -0.25) is 10.1 Å². The van der Waals surface area contributed by atoms with Crippen molar-refractivity contribution in [1.82, 2.24) is 10.2 Å². The van der Waals surface area contributed by atoms with Crippen molar-refractivity contribution in [1.29, 1.82) is 0 Å². The molecule has 1 heterocycles. The van der Waals surface area contributed by atoms with Crippen molar-refractivity contribution in [3.05, 3.63) is 34.8 Å². The van der Waals surface area contributed by atoms with Crippen molar-refractivity contribution in [2.45, 2.75) is 27.7 Å². The van der Waals surface area contributed by atoms with E-state index in [2.05, 4.69) is 29.4 Å². The van der Waals surface area contributed by atoms with Crippen LogP contribution in [0.15, 0.2) is 24.3 Å². The van der Waals surface area contributed by atoms with E-state index in [-0.39, 0.29) is 5.91 Å². The first-order chi connectivity index (χ1) is 12.0. The molecule has 0 saturated carbocycles. The number of carbonyl (C=O) groups is 1. The smallest absolute Gasteiger partial charge is 0.250 e. The minimum absolute atomic E-state index is 0.255. The van der Waals surface area contributed by atoms with Gasteiger partial charge in [0.25, 0.3) is 0 Å². The predicted molar refractivity (Wildman–Crippen MR) is 100 cm³/mol. The van der Waals surface area contributed by atoms with E-state index in [0.29, 0.717) is 35.8 Å². The van der Waals surface area contributed by atoms with Gasteiger partial charge in [-0.15, -0.1) is 10.2 Å². The highest BCUT2D eigenvalue weighted by molar-refractivity contribution is 7.15. The summed E-state index contributed by atoms with van der Waals surface area (Å²) in [6.45, 7) is 9.11. The zero-order valence-corrected chi connectivity index (χ0v) is 15.7. The maximum absolute atomic E-state index is 11.9. The lowest BCUT2D eigenvalue weighted by Crippen LogP contribution is -2.07. The van der Waals surface area contributed by atoms with Crippen LogP contribution in [-0.4, -0.2) is 29.3 Å². The molecule has 0 fully saturated rings. The Morgan fingerprint density at radius 2 is 2.08 bits per heavy atom. The highest BCUT2D eigenvalue weighted by atomic mass is 32.1. The van der Waals surface area contributed by atoms with E-state index < -0.39 is 0 Å². The number of carbonyl (C=O) groups excluding carboxylic acids is 1. The maximum Gasteiger partial charge on any atom is 0.250 e. The Balaban J connectivity index is 2.05. The molecule has 0 aliphatic heterocycles. The molecule has 1 amide bonds. The van der Waals surface area contributed by atoms with Gasteiger partial charge in [0.1, 0.15) is 5.01 Å². The molecule has 2 rings (SSSR count). The number of anilines is 1. The number of aromatic nitrogens is 2. The molecule has 1 aromatic carbocycles. The van der Waals surface area contributed by atoms with Crippen molar-refractivity contribution in [2.24, 2.45) is 5.92 Å². The summed E-state index contributed by atoms with van der Waals surface area (Å²) in [5.74, 6) is 1.56. The summed E-state index contributed by atoms with van der Waals surface area (Å²) in [6, 6.07) is 5.61. The number of hydrogen-bond donors (Lipinski definition) is 1. The molecule has 0 saturated heterocycles. The normalized spacial score (nSPS) is 11.1. The summed E-state index contributed by atoms with van der Waals surface area (Å²) in [7, 11) is 0. The number of nitrogens with zero attached hydrogens (tertiary/aromatic N) is 2. The maximum atomic E-state index is 11.9. The van der Waals surface area contributed by atoms with Gasteiger partial charge >= 0.3 is 0 Å². The lowest BCUT2D eigenvalue weighted by atomic mass is 10.2. The van der Waals surface area contributed by atoms with E-state index in [1.54, 1.807) is 6.08 Å². The Labute approximate surface area is 151 Å². The van der Waals surface area contributed by atoms with Crippen LogP contribution in [0.2, 0.25) is 0 Å². The van der Waals surface area contributed by atoms with E-state index in [9.17, 15) is 4.79 Å². The van der Waals surface area contributed by atoms with E-state index >= 15 is 0 Å². The standard InChI is InChI=1S/C18H23N3O3S/c1-5-23-16-10-14(6-8-15(16)24-11-12(2)3)7-9-17(22)19-18-21-20-13(4)25-18/h6-10,12H,5,11H2,1-4H3,(H,19,21,22)/b9-7+. The van der Waals surface area contributed by atoms with Crippen LogP contribution in [0, 0.1) is 12.8 Å². The number of benzene rings is 1. The summed E-state index contributed by atoms with van der Waals surface area (Å²) >= 11 is 1.33. The number of hydrogen-bond acceptors (Lipinski definition) is 6. The molecule has 7 heteroatoms. The molecule has 0 unspecified atom stereocenters. The Bertz CT molecular complexity index is 741. The van der Waals surface area contributed by atoms with Crippen LogP contribution in [0.5, 0.6) is 11.5 Å². The average molecular weight is 361 g/mol. The molecule has 0 spiro atoms. The van der Waals surface area contributed by atoms with Crippen molar-refractivity contribution >= 4 is 28.5 Å². The third-order valence-electron chi connectivity index (χ3n) is 3.02. The second-order valence-corrected chi connectivity index (χ2v) is 6.97. The molecule has 0 atom stereocenters. The van der Waals surface area contributed by atoms with Gasteiger partial charge in [0.2, 0.25) is 11.0 Å². The van der Waals surface area contributed by atoms with Crippen LogP contribution in [0.4, 0.5) is 5.13 Å². The minimum atomic E-state index is -0.255. The summed E-state index contributed by atoms with van der Waals surface area (Å²) < 4.78 is 11.4. The molecule has 0 aliphatic carbocycles. The van der Waals surface area contributed by atoms with Crippen LogP contribution in [0.3, 0.4) is 0 Å². The molecular weight excluding hydrogens is 338 g/mol. The predicted octanol–water partition coefficient (Wildman–Crippen LogP) is 3.93. The number of nitrogens with one attached hydrogen (secondary N) is 1. The topological polar surface area (TPSA) is 73.3 Å². The molecule has 0 bridgehead atoms. The van der Waals surface area contributed by atoms with Gasteiger partial charge in [0, 0.05) is 6.08 Å². The Morgan fingerprint density at radius 1 is 1.28 bits per heavy atom. The molecule has 1 aromatic heterocycles. The Kier molecular flexibility index (Phi) is 6.94. The number of aryl methyl sites for hydroxylation is 1. The summed E-state index contributed by atoms with van der Waals surface area (Å²) in [5.41, 5.74) is 0.851. The molecule has 1 N–H and O–H groups in total. The van der Waals surface area contributed by atoms with Gasteiger partial charge in [-0.05, 0) is 43.5 Å². The quantitative estimate of drug-likeness (QED) is 0.721. The van der Waals surface area contributed by atoms with Gasteiger partial charge in [-0.25, -0.2) is 0 Å². The summed E-state index contributed by atoms with van der Waals surface area (Å²) in [5, 5.41) is 11.7. The highest BCUT2D eigenvalue weighted by Gasteiger charge is 2.07. The molecular formula is C18H23N3O3S. The van der Waals surface area contributed by atoms with Crippen LogP contribution in [0.25, 0.3) is 6.08 Å². The van der Waals surface area contributed by atoms with Crippen molar-refractivity contribution in [3.63, 3.8) is 0 Å². The second-order valence-electron chi connectivity index (χ2n) is 5.79. The third kappa shape index (κ3) is 6.19. The van der Waals surface area contributed by atoms with Crippen LogP contribution in [-0.2, 0) is 4.79 Å². The van der Waals surface area contributed by atoms with E-state index in [1.807, 2.05) is 32.0 Å². The summed E-state index contributed by atoms with van der Waals surface area (Å²) in [6.07, 6.45) is 3.18. The molecule has 2 aromatic rings. The molecule has 0 radical (unpaired) electrons. The van der Waals surface area contributed by atoms with Gasteiger partial charge in [0.05, 0.1) is 13.2 Å². The fourth-order valence-corrected chi connectivity index (χ4v) is 2.53. The average Bonchev–Trinajstić information content (AvgIpc) is 2.97. The lowest BCUT2D eigenvalue weighted by molar-refractivity contribution is -0.111. The molecule has 6 nitrogen and oxygen atoms in total. The number of ether oxygens (including phenoxy) is 2. The van der Waals surface area contributed by atoms with Crippen LogP contribution in [0.1, 0.15) is 31.3 Å². The first kappa shape index (κ1) is 18.9. The van der Waals surface area contributed by atoms with Crippen molar-refractivity contribution in [2.75, 3.05) is 18.5 Å². The fourth-order valence-electron chi connectivity index (χ4n) is 1.94. The van der Waals surface area contributed by atoms with Crippen LogP contribution >= 0.6 is 11.3 Å². The SMILES string of the molecule is CCOc1cc(/C=C/C(=O)Nc2nnc(C)s2)ccc1OCC(C)C. The fraction of sp³-hybridized carbons (Fsp3) is 0.389. The van der Waals surface area contributed by atoms with E-state index in [0.717, 1.165) is 10.6 Å². The van der Waals surface area contributed by atoms with Crippen molar-refractivity contribution < 1.29 is 14.3 Å². The zero-order chi connectivity index (χ0) is 18.2. The van der Waals surface area contributed by atoms with Gasteiger partial charge in [-0.2, -0.15) is 0 Å². The Morgan fingerprint density at radius 3 is 2.72 bits per heavy atom. The van der Waals surface area contributed by atoms with E-state index in [4.69, 9.17) is 9.47 Å². The van der Waals surface area contributed by atoms with Gasteiger partial charge in [0.15, 0.2) is 11.5 Å². The number of rotatable bonds is 8. The van der Waals surface area contributed by atoms with Gasteiger partial charge < -0.3 is 9.47 Å². The van der Waals surface area contributed by atoms with Crippen molar-refractivity contribution in [3.8, 4) is 11.5 Å². The summed E-state index contributed by atoms with van der Waals surface area (Å²) in [4.78, 5) is 11.9. The monoisotopic (exact) mass is 361 g/mol. The van der Waals surface area contributed by atoms with E-state index in [1.165, 1.54) is 17.4 Å². The molecule has 0 aliphatic rings. The molecule has 25 heavy (non-hydrogen) atoms. The number of amides is 1. The van der Waals surface area contributed by atoms with Crippen LogP contribution < -0.4 is 14.8 Å². The minimum Gasteiger partial charge on any atom is -0.490 e.